The molecule has 0 aliphatic carbocycles. The van der Waals surface area contributed by atoms with Crippen molar-refractivity contribution >= 4 is 5.97 Å². The van der Waals surface area contributed by atoms with Gasteiger partial charge in [0.1, 0.15) is 5.54 Å². The van der Waals surface area contributed by atoms with E-state index < -0.39 is 11.5 Å². The highest BCUT2D eigenvalue weighted by Crippen LogP contribution is 2.28. The van der Waals surface area contributed by atoms with E-state index in [1.807, 2.05) is 13.0 Å². The summed E-state index contributed by atoms with van der Waals surface area (Å²) in [5.41, 5.74) is 0.672. The van der Waals surface area contributed by atoms with Crippen LogP contribution in [0.5, 0.6) is 0 Å². The highest BCUT2D eigenvalue weighted by atomic mass is 16.4. The van der Waals surface area contributed by atoms with E-state index in [2.05, 4.69) is 29.2 Å². The van der Waals surface area contributed by atoms with Gasteiger partial charge in [-0.2, -0.15) is 0 Å². The molecule has 1 aliphatic rings. The number of carboxylic acid groups (broad SMARTS) is 1. The predicted octanol–water partition coefficient (Wildman–Crippen LogP) is 2.95. The summed E-state index contributed by atoms with van der Waals surface area (Å²) in [7, 11) is 0. The van der Waals surface area contributed by atoms with Crippen molar-refractivity contribution < 1.29 is 9.90 Å². The number of carboxylic acids is 1. The Balaban J connectivity index is 1.88. The fraction of sp³-hybridized carbons (Fsp3) is 0.562. The van der Waals surface area contributed by atoms with Crippen LogP contribution in [-0.4, -0.2) is 34.6 Å². The molecule has 104 valence electrons. The molecule has 0 amide bonds. The van der Waals surface area contributed by atoms with Crippen LogP contribution in [0.15, 0.2) is 30.3 Å². The molecule has 0 saturated carbocycles. The van der Waals surface area contributed by atoms with Crippen LogP contribution >= 0.6 is 0 Å². The Morgan fingerprint density at radius 3 is 2.74 bits per heavy atom. The number of aliphatic carboxylic acids is 1. The molecule has 1 saturated heterocycles. The lowest BCUT2D eigenvalue weighted by Crippen LogP contribution is -2.55. The molecule has 2 rings (SSSR count). The molecule has 1 unspecified atom stereocenters. The molecule has 3 heteroatoms. The number of benzene rings is 1. The van der Waals surface area contributed by atoms with E-state index in [0.29, 0.717) is 0 Å². The van der Waals surface area contributed by atoms with E-state index in [-0.39, 0.29) is 0 Å². The molecule has 1 aliphatic heterocycles. The van der Waals surface area contributed by atoms with Gasteiger partial charge in [-0.1, -0.05) is 30.3 Å². The third-order valence-electron chi connectivity index (χ3n) is 4.24. The zero-order valence-corrected chi connectivity index (χ0v) is 11.6. The van der Waals surface area contributed by atoms with Crippen molar-refractivity contribution in [3.8, 4) is 0 Å². The van der Waals surface area contributed by atoms with Crippen molar-refractivity contribution in [2.45, 2.75) is 44.6 Å². The molecule has 1 atom stereocenters. The monoisotopic (exact) mass is 261 g/mol. The summed E-state index contributed by atoms with van der Waals surface area (Å²) in [4.78, 5) is 13.6. The topological polar surface area (TPSA) is 40.5 Å². The molecular weight excluding hydrogens is 238 g/mol. The standard InChI is InChI=1S/C16H23NO2/c1-16(15(18)19)11-5-6-12-17(16)13-7-10-14-8-3-2-4-9-14/h2-4,8-9H,5-7,10-13H2,1H3,(H,18,19). The number of likely N-dealkylation sites (tertiary alicyclic amines) is 1. The number of carbonyl (C=O) groups is 1. The number of nitrogens with zero attached hydrogens (tertiary/aromatic N) is 1. The van der Waals surface area contributed by atoms with Gasteiger partial charge in [0.15, 0.2) is 0 Å². The lowest BCUT2D eigenvalue weighted by atomic mass is 9.88. The first-order valence-corrected chi connectivity index (χ1v) is 7.15. The van der Waals surface area contributed by atoms with Crippen LogP contribution in [0.3, 0.4) is 0 Å². The second kappa shape index (κ2) is 6.20. The fourth-order valence-corrected chi connectivity index (χ4v) is 2.90. The summed E-state index contributed by atoms with van der Waals surface area (Å²) in [5, 5.41) is 9.44. The SMILES string of the molecule is CC1(C(=O)O)CCCCN1CCCc1ccccc1. The second-order valence-corrected chi connectivity index (χ2v) is 5.61. The molecule has 1 fully saturated rings. The van der Waals surface area contributed by atoms with Gasteiger partial charge in [-0.05, 0) is 57.7 Å². The Morgan fingerprint density at radius 2 is 2.05 bits per heavy atom. The first kappa shape index (κ1) is 14.1. The first-order chi connectivity index (χ1) is 9.13. The van der Waals surface area contributed by atoms with Gasteiger partial charge in [0.2, 0.25) is 0 Å². The van der Waals surface area contributed by atoms with E-state index in [1.165, 1.54) is 5.56 Å². The van der Waals surface area contributed by atoms with Crippen LogP contribution in [0.2, 0.25) is 0 Å². The molecule has 19 heavy (non-hydrogen) atoms. The smallest absolute Gasteiger partial charge is 0.323 e. The van der Waals surface area contributed by atoms with E-state index in [9.17, 15) is 9.90 Å². The average Bonchev–Trinajstić information content (AvgIpc) is 2.42. The number of rotatable bonds is 5. The highest BCUT2D eigenvalue weighted by Gasteiger charge is 2.40. The van der Waals surface area contributed by atoms with Gasteiger partial charge in [-0.3, -0.25) is 9.69 Å². The summed E-state index contributed by atoms with van der Waals surface area (Å²) >= 11 is 0. The van der Waals surface area contributed by atoms with Crippen molar-refractivity contribution in [3.63, 3.8) is 0 Å². The quantitative estimate of drug-likeness (QED) is 0.886. The minimum absolute atomic E-state index is 0.658. The maximum atomic E-state index is 11.5. The molecule has 1 heterocycles. The molecule has 1 N–H and O–H groups in total. The van der Waals surface area contributed by atoms with Crippen LogP contribution in [0.4, 0.5) is 0 Å². The number of aryl methyl sites for hydroxylation is 1. The van der Waals surface area contributed by atoms with Crippen LogP contribution in [0.1, 0.15) is 38.2 Å². The van der Waals surface area contributed by atoms with Crippen LogP contribution in [0.25, 0.3) is 0 Å². The van der Waals surface area contributed by atoms with Gasteiger partial charge in [0.25, 0.3) is 0 Å². The lowest BCUT2D eigenvalue weighted by Gasteiger charge is -2.41. The zero-order valence-electron chi connectivity index (χ0n) is 11.6. The van der Waals surface area contributed by atoms with Gasteiger partial charge in [-0.25, -0.2) is 0 Å². The van der Waals surface area contributed by atoms with Gasteiger partial charge >= 0.3 is 5.97 Å². The van der Waals surface area contributed by atoms with E-state index in [0.717, 1.165) is 45.2 Å². The predicted molar refractivity (Wildman–Crippen MR) is 76.2 cm³/mol. The largest absolute Gasteiger partial charge is 0.480 e. The Hall–Kier alpha value is -1.35. The number of hydrogen-bond acceptors (Lipinski definition) is 2. The Labute approximate surface area is 115 Å². The molecule has 1 aromatic carbocycles. The van der Waals surface area contributed by atoms with E-state index in [4.69, 9.17) is 0 Å². The first-order valence-electron chi connectivity index (χ1n) is 7.15. The molecule has 0 radical (unpaired) electrons. The molecule has 0 bridgehead atoms. The van der Waals surface area contributed by atoms with Crippen molar-refractivity contribution in [2.24, 2.45) is 0 Å². The Morgan fingerprint density at radius 1 is 1.32 bits per heavy atom. The van der Waals surface area contributed by atoms with Crippen LogP contribution in [0, 0.1) is 0 Å². The van der Waals surface area contributed by atoms with Gasteiger partial charge < -0.3 is 5.11 Å². The van der Waals surface area contributed by atoms with Crippen molar-refractivity contribution in [2.75, 3.05) is 13.1 Å². The molecule has 1 aromatic rings. The molecule has 0 aromatic heterocycles. The molecule has 3 nitrogen and oxygen atoms in total. The van der Waals surface area contributed by atoms with Gasteiger partial charge in [0, 0.05) is 0 Å². The maximum absolute atomic E-state index is 11.5. The summed E-state index contributed by atoms with van der Waals surface area (Å²) in [5.74, 6) is -0.674. The fourth-order valence-electron chi connectivity index (χ4n) is 2.90. The van der Waals surface area contributed by atoms with E-state index >= 15 is 0 Å². The average molecular weight is 261 g/mol. The van der Waals surface area contributed by atoms with Crippen LogP contribution in [-0.2, 0) is 11.2 Å². The number of piperidine rings is 1. The summed E-state index contributed by atoms with van der Waals surface area (Å²) < 4.78 is 0. The summed E-state index contributed by atoms with van der Waals surface area (Å²) in [6, 6.07) is 10.4. The van der Waals surface area contributed by atoms with Crippen molar-refractivity contribution in [3.05, 3.63) is 35.9 Å². The third kappa shape index (κ3) is 3.35. The lowest BCUT2D eigenvalue weighted by molar-refractivity contribution is -0.152. The van der Waals surface area contributed by atoms with Gasteiger partial charge in [-0.15, -0.1) is 0 Å². The molecular formula is C16H23NO2. The minimum Gasteiger partial charge on any atom is -0.480 e. The van der Waals surface area contributed by atoms with E-state index in [1.54, 1.807) is 0 Å². The second-order valence-electron chi connectivity index (χ2n) is 5.61. The zero-order chi connectivity index (χ0) is 13.7. The summed E-state index contributed by atoms with van der Waals surface area (Å²) in [6.07, 6.45) is 4.96. The number of hydrogen-bond donors (Lipinski definition) is 1. The Bertz CT molecular complexity index is 418. The third-order valence-corrected chi connectivity index (χ3v) is 4.24. The van der Waals surface area contributed by atoms with Crippen LogP contribution < -0.4 is 0 Å². The summed E-state index contributed by atoms with van der Waals surface area (Å²) in [6.45, 7) is 3.66. The van der Waals surface area contributed by atoms with Gasteiger partial charge in [0.05, 0.1) is 0 Å². The Kier molecular flexibility index (Phi) is 4.59. The maximum Gasteiger partial charge on any atom is 0.323 e. The highest BCUT2D eigenvalue weighted by molar-refractivity contribution is 5.78. The normalized spacial score (nSPS) is 24.3. The minimum atomic E-state index is -0.674. The van der Waals surface area contributed by atoms with Crippen molar-refractivity contribution in [1.82, 2.24) is 4.90 Å². The molecule has 0 spiro atoms. The van der Waals surface area contributed by atoms with Crippen molar-refractivity contribution in [1.29, 1.82) is 0 Å².